The van der Waals surface area contributed by atoms with Crippen molar-refractivity contribution in [2.24, 2.45) is 5.73 Å². The number of anilines is 1. The third kappa shape index (κ3) is 3.25. The van der Waals surface area contributed by atoms with Gasteiger partial charge in [0, 0.05) is 27.6 Å². The van der Waals surface area contributed by atoms with Crippen molar-refractivity contribution in [2.45, 2.75) is 19.4 Å². The summed E-state index contributed by atoms with van der Waals surface area (Å²) in [5.74, 6) is -0.203. The average molecular weight is 325 g/mol. The van der Waals surface area contributed by atoms with E-state index in [4.69, 9.17) is 5.73 Å². The fourth-order valence-electron chi connectivity index (χ4n) is 2.93. The smallest absolute Gasteiger partial charge is 0.251 e. The van der Waals surface area contributed by atoms with Crippen LogP contribution in [0.5, 0.6) is 0 Å². The topological polar surface area (TPSA) is 75.4 Å². The van der Waals surface area contributed by atoms with Crippen LogP contribution in [0.15, 0.2) is 0 Å². The number of nitrogens with one attached hydrogen (secondary N) is 1. The maximum absolute atomic E-state index is 11.8. The Hall–Kier alpha value is -1.60. The summed E-state index contributed by atoms with van der Waals surface area (Å²) in [7, 11) is 7.56. The molecule has 2 amide bonds. The number of hydrogen-bond acceptors (Lipinski definition) is 4. The molecule has 1 aromatic rings. The van der Waals surface area contributed by atoms with Crippen LogP contribution in [-0.2, 0) is 17.8 Å². The number of hydrogen-bond donors (Lipinski definition) is 2. The van der Waals surface area contributed by atoms with E-state index in [1.54, 1.807) is 30.3 Å². The normalized spacial score (nSPS) is 20.4. The number of rotatable bonds is 5. The summed E-state index contributed by atoms with van der Waals surface area (Å²) in [6.45, 7) is 2.59. The van der Waals surface area contributed by atoms with Crippen LogP contribution < -0.4 is 11.1 Å². The number of primary amides is 1. The van der Waals surface area contributed by atoms with Gasteiger partial charge in [-0.2, -0.15) is 0 Å². The fraction of sp³-hybridized carbons (Fsp3) is 0.600. The van der Waals surface area contributed by atoms with Gasteiger partial charge >= 0.3 is 0 Å². The second-order valence-electron chi connectivity index (χ2n) is 6.34. The number of carbonyl (C=O) groups excluding carboxylic acids is 2. The standard InChI is InChI=1S/C15H24N4O2S/c1-17-15-13(14(16)21)10-5-7-19(4,9-11(10)22-15)8-6-12(20)18(2)3/h5-9H2,1-4H3,(H2-,16,17,21)/p+1. The molecule has 0 spiro atoms. The van der Waals surface area contributed by atoms with Crippen LogP contribution in [-0.4, -0.2) is 62.5 Å². The number of nitrogens with zero attached hydrogens (tertiary/aromatic N) is 2. The zero-order valence-electron chi connectivity index (χ0n) is 13.7. The van der Waals surface area contributed by atoms with Gasteiger partial charge in [0.15, 0.2) is 0 Å². The molecule has 2 heterocycles. The van der Waals surface area contributed by atoms with Crippen LogP contribution >= 0.6 is 11.3 Å². The predicted molar refractivity (Wildman–Crippen MR) is 89.0 cm³/mol. The minimum Gasteiger partial charge on any atom is -0.379 e. The molecule has 1 aliphatic heterocycles. The molecule has 2 rings (SSSR count). The van der Waals surface area contributed by atoms with Crippen molar-refractivity contribution in [2.75, 3.05) is 46.6 Å². The summed E-state index contributed by atoms with van der Waals surface area (Å²) in [5, 5.41) is 3.93. The second-order valence-corrected chi connectivity index (χ2v) is 7.44. The van der Waals surface area contributed by atoms with E-state index in [-0.39, 0.29) is 11.8 Å². The molecule has 0 radical (unpaired) electrons. The van der Waals surface area contributed by atoms with Crippen molar-refractivity contribution in [3.63, 3.8) is 0 Å². The second kappa shape index (κ2) is 6.26. The molecule has 122 valence electrons. The first-order chi connectivity index (χ1) is 10.3. The van der Waals surface area contributed by atoms with E-state index in [1.165, 1.54) is 4.88 Å². The van der Waals surface area contributed by atoms with Gasteiger partial charge in [-0.3, -0.25) is 9.59 Å². The van der Waals surface area contributed by atoms with Gasteiger partial charge in [-0.25, -0.2) is 0 Å². The number of likely N-dealkylation sites (N-methyl/N-ethyl adjacent to an activating group) is 1. The summed E-state index contributed by atoms with van der Waals surface area (Å²) in [5.41, 5.74) is 7.28. The van der Waals surface area contributed by atoms with Gasteiger partial charge in [-0.15, -0.1) is 11.3 Å². The summed E-state index contributed by atoms with van der Waals surface area (Å²) >= 11 is 1.61. The molecule has 0 saturated heterocycles. The Balaban J connectivity index is 2.17. The molecule has 6 nitrogen and oxygen atoms in total. The van der Waals surface area contributed by atoms with Gasteiger partial charge in [0.25, 0.3) is 5.91 Å². The average Bonchev–Trinajstić information content (AvgIpc) is 2.81. The minimum atomic E-state index is -0.360. The van der Waals surface area contributed by atoms with Gasteiger partial charge in [0.1, 0.15) is 11.5 Å². The highest BCUT2D eigenvalue weighted by molar-refractivity contribution is 7.16. The van der Waals surface area contributed by atoms with Crippen molar-refractivity contribution < 1.29 is 14.1 Å². The first-order valence-electron chi connectivity index (χ1n) is 7.43. The Bertz CT molecular complexity index is 597. The lowest BCUT2D eigenvalue weighted by Gasteiger charge is -2.37. The lowest BCUT2D eigenvalue weighted by Crippen LogP contribution is -2.49. The van der Waals surface area contributed by atoms with Gasteiger partial charge in [-0.1, -0.05) is 0 Å². The largest absolute Gasteiger partial charge is 0.379 e. The summed E-state index contributed by atoms with van der Waals surface area (Å²) in [6.07, 6.45) is 1.38. The van der Waals surface area contributed by atoms with Crippen LogP contribution in [0, 0.1) is 0 Å². The third-order valence-electron chi connectivity index (χ3n) is 4.36. The van der Waals surface area contributed by atoms with Gasteiger partial charge in [0.05, 0.1) is 37.0 Å². The number of quaternary nitrogens is 1. The van der Waals surface area contributed by atoms with E-state index in [9.17, 15) is 9.59 Å². The minimum absolute atomic E-state index is 0.157. The summed E-state index contributed by atoms with van der Waals surface area (Å²) in [6, 6.07) is 0. The third-order valence-corrected chi connectivity index (χ3v) is 5.59. The Morgan fingerprint density at radius 1 is 1.41 bits per heavy atom. The first-order valence-corrected chi connectivity index (χ1v) is 8.25. The van der Waals surface area contributed by atoms with E-state index >= 15 is 0 Å². The van der Waals surface area contributed by atoms with E-state index < -0.39 is 0 Å². The highest BCUT2D eigenvalue weighted by Gasteiger charge is 2.34. The fourth-order valence-corrected chi connectivity index (χ4v) is 4.31. The molecule has 7 heteroatoms. The van der Waals surface area contributed by atoms with Crippen LogP contribution in [0.1, 0.15) is 27.2 Å². The van der Waals surface area contributed by atoms with Crippen LogP contribution in [0.2, 0.25) is 0 Å². The number of amides is 2. The zero-order valence-corrected chi connectivity index (χ0v) is 14.5. The highest BCUT2D eigenvalue weighted by Crippen LogP contribution is 2.38. The molecule has 0 saturated carbocycles. The van der Waals surface area contributed by atoms with E-state index in [1.807, 2.05) is 7.05 Å². The Morgan fingerprint density at radius 3 is 2.64 bits per heavy atom. The summed E-state index contributed by atoms with van der Waals surface area (Å²) < 4.78 is 0.828. The number of carbonyl (C=O) groups is 2. The molecule has 1 atom stereocenters. The number of nitrogens with two attached hydrogens (primary N) is 1. The molecule has 22 heavy (non-hydrogen) atoms. The van der Waals surface area contributed by atoms with Crippen molar-refractivity contribution in [3.8, 4) is 0 Å². The molecular formula is C15H25N4O2S+. The number of fused-ring (bicyclic) bond motifs is 1. The van der Waals surface area contributed by atoms with Crippen LogP contribution in [0.4, 0.5) is 5.00 Å². The molecule has 1 aliphatic rings. The zero-order chi connectivity index (χ0) is 16.5. The van der Waals surface area contributed by atoms with E-state index in [0.29, 0.717) is 12.0 Å². The molecule has 0 fully saturated rings. The maximum atomic E-state index is 11.8. The molecule has 1 unspecified atom stereocenters. The van der Waals surface area contributed by atoms with Crippen molar-refractivity contribution in [1.29, 1.82) is 0 Å². The highest BCUT2D eigenvalue weighted by atomic mass is 32.1. The van der Waals surface area contributed by atoms with Crippen molar-refractivity contribution in [1.82, 2.24) is 4.90 Å². The molecule has 0 bridgehead atoms. The lowest BCUT2D eigenvalue weighted by atomic mass is 10.0. The monoisotopic (exact) mass is 325 g/mol. The maximum Gasteiger partial charge on any atom is 0.251 e. The molecular weight excluding hydrogens is 300 g/mol. The van der Waals surface area contributed by atoms with Crippen LogP contribution in [0.25, 0.3) is 0 Å². The molecule has 1 aromatic heterocycles. The van der Waals surface area contributed by atoms with Crippen LogP contribution in [0.3, 0.4) is 0 Å². The van der Waals surface area contributed by atoms with E-state index in [2.05, 4.69) is 12.4 Å². The number of thiophene rings is 1. The van der Waals surface area contributed by atoms with Gasteiger partial charge in [-0.05, 0) is 5.56 Å². The Kier molecular flexibility index (Phi) is 4.77. The Labute approximate surface area is 135 Å². The first kappa shape index (κ1) is 16.8. The molecule has 0 aliphatic carbocycles. The van der Waals surface area contributed by atoms with Crippen molar-refractivity contribution >= 4 is 28.2 Å². The summed E-state index contributed by atoms with van der Waals surface area (Å²) in [4.78, 5) is 26.4. The lowest BCUT2D eigenvalue weighted by molar-refractivity contribution is -0.923. The molecule has 0 aromatic carbocycles. The van der Waals surface area contributed by atoms with E-state index in [0.717, 1.165) is 41.1 Å². The van der Waals surface area contributed by atoms with Gasteiger partial charge < -0.3 is 20.4 Å². The Morgan fingerprint density at radius 2 is 2.09 bits per heavy atom. The van der Waals surface area contributed by atoms with Crippen molar-refractivity contribution in [3.05, 3.63) is 16.0 Å². The van der Waals surface area contributed by atoms with Gasteiger partial charge in [0.2, 0.25) is 5.91 Å². The SMILES string of the molecule is CNc1sc2c(c1C(N)=O)CC[N+](C)(CCC(=O)N(C)C)C2. The molecule has 3 N–H and O–H groups in total. The quantitative estimate of drug-likeness (QED) is 0.789. The predicted octanol–water partition coefficient (Wildman–Crippen LogP) is 0.870.